The smallest absolute Gasteiger partial charge is 0.224 e. The summed E-state index contributed by atoms with van der Waals surface area (Å²) < 4.78 is 16.2. The van der Waals surface area contributed by atoms with Crippen LogP contribution in [-0.2, 0) is 11.2 Å². The van der Waals surface area contributed by atoms with Crippen LogP contribution in [0.2, 0.25) is 0 Å². The van der Waals surface area contributed by atoms with Crippen molar-refractivity contribution in [3.63, 3.8) is 0 Å². The van der Waals surface area contributed by atoms with Crippen LogP contribution in [0.3, 0.4) is 0 Å². The van der Waals surface area contributed by atoms with Crippen molar-refractivity contribution in [1.82, 2.24) is 5.32 Å². The first-order valence-electron chi connectivity index (χ1n) is 8.74. The Balaban J connectivity index is 1.78. The third-order valence-corrected chi connectivity index (χ3v) is 4.08. The Labute approximate surface area is 155 Å². The van der Waals surface area contributed by atoms with E-state index in [4.69, 9.17) is 14.2 Å². The highest BCUT2D eigenvalue weighted by atomic mass is 16.5. The van der Waals surface area contributed by atoms with Gasteiger partial charge in [0, 0.05) is 5.56 Å². The minimum atomic E-state index is -0.0877. The molecule has 2 aromatic rings. The molecule has 0 saturated heterocycles. The van der Waals surface area contributed by atoms with E-state index in [0.29, 0.717) is 30.6 Å². The highest BCUT2D eigenvalue weighted by Gasteiger charge is 2.10. The molecule has 5 heteroatoms. The van der Waals surface area contributed by atoms with Crippen LogP contribution >= 0.6 is 0 Å². The van der Waals surface area contributed by atoms with E-state index >= 15 is 0 Å². The first-order chi connectivity index (χ1) is 12.5. The Morgan fingerprint density at radius 1 is 1.00 bits per heavy atom. The second-order valence-corrected chi connectivity index (χ2v) is 6.28. The zero-order valence-electron chi connectivity index (χ0n) is 15.9. The van der Waals surface area contributed by atoms with Gasteiger partial charge in [-0.3, -0.25) is 4.79 Å². The van der Waals surface area contributed by atoms with Crippen molar-refractivity contribution in [2.24, 2.45) is 0 Å². The number of nitrogens with one attached hydrogen (secondary N) is 1. The summed E-state index contributed by atoms with van der Waals surface area (Å²) in [5.41, 5.74) is 2.06. The zero-order chi connectivity index (χ0) is 18.9. The van der Waals surface area contributed by atoms with E-state index in [0.717, 1.165) is 11.3 Å². The van der Waals surface area contributed by atoms with Crippen molar-refractivity contribution in [1.29, 1.82) is 0 Å². The van der Waals surface area contributed by atoms with Crippen LogP contribution in [0.15, 0.2) is 42.5 Å². The van der Waals surface area contributed by atoms with Crippen molar-refractivity contribution in [3.05, 3.63) is 53.6 Å². The number of carbonyl (C=O) groups excluding carboxylic acids is 1. The molecular weight excluding hydrogens is 330 g/mol. The molecule has 0 aromatic heterocycles. The highest BCUT2D eigenvalue weighted by Crippen LogP contribution is 2.24. The lowest BCUT2D eigenvalue weighted by Crippen LogP contribution is -2.29. The molecule has 0 saturated carbocycles. The molecule has 0 heterocycles. The molecule has 2 rings (SSSR count). The molecule has 140 valence electrons. The average Bonchev–Trinajstić information content (AvgIpc) is 2.65. The van der Waals surface area contributed by atoms with E-state index in [1.54, 1.807) is 26.4 Å². The monoisotopic (exact) mass is 357 g/mol. The van der Waals surface area contributed by atoms with Crippen LogP contribution in [0.5, 0.6) is 17.2 Å². The molecule has 0 aliphatic heterocycles. The number of hydrogen-bond acceptors (Lipinski definition) is 4. The molecule has 0 spiro atoms. The highest BCUT2D eigenvalue weighted by molar-refractivity contribution is 5.79. The van der Waals surface area contributed by atoms with Gasteiger partial charge in [0.1, 0.15) is 23.9 Å². The lowest BCUT2D eigenvalue weighted by molar-refractivity contribution is -0.120. The molecule has 1 N–H and O–H groups in total. The van der Waals surface area contributed by atoms with Crippen LogP contribution in [0.25, 0.3) is 0 Å². The van der Waals surface area contributed by atoms with Crippen molar-refractivity contribution < 1.29 is 19.0 Å². The van der Waals surface area contributed by atoms with Gasteiger partial charge in [-0.25, -0.2) is 0 Å². The molecular formula is C21H27NO4. The van der Waals surface area contributed by atoms with Gasteiger partial charge in [-0.15, -0.1) is 0 Å². The van der Waals surface area contributed by atoms with E-state index in [2.05, 4.69) is 31.3 Å². The standard InChI is InChI=1S/C21H27NO4/c1-15(2)16-5-7-18(8-6-16)26-12-11-22-21(23)14-17-13-19(24-3)9-10-20(17)25-4/h5-10,13,15H,11-12,14H2,1-4H3,(H,22,23). The number of benzene rings is 2. The van der Waals surface area contributed by atoms with E-state index in [9.17, 15) is 4.79 Å². The summed E-state index contributed by atoms with van der Waals surface area (Å²) in [5.74, 6) is 2.58. The second kappa shape index (κ2) is 9.70. The zero-order valence-corrected chi connectivity index (χ0v) is 15.9. The molecule has 0 aliphatic carbocycles. The molecule has 2 aromatic carbocycles. The first kappa shape index (κ1) is 19.6. The average molecular weight is 357 g/mol. The van der Waals surface area contributed by atoms with Crippen LogP contribution in [-0.4, -0.2) is 33.3 Å². The molecule has 0 atom stereocenters. The fraction of sp³-hybridized carbons (Fsp3) is 0.381. The summed E-state index contributed by atoms with van der Waals surface area (Å²) in [5, 5.41) is 2.86. The van der Waals surface area contributed by atoms with E-state index in [1.165, 1.54) is 5.56 Å². The second-order valence-electron chi connectivity index (χ2n) is 6.28. The maximum absolute atomic E-state index is 12.1. The summed E-state index contributed by atoms with van der Waals surface area (Å²) in [6.45, 7) is 5.17. The van der Waals surface area contributed by atoms with Gasteiger partial charge in [0.25, 0.3) is 0 Å². The third kappa shape index (κ3) is 5.69. The molecule has 0 unspecified atom stereocenters. The van der Waals surface area contributed by atoms with Crippen molar-refractivity contribution in [2.75, 3.05) is 27.4 Å². The van der Waals surface area contributed by atoms with Gasteiger partial charge in [0.2, 0.25) is 5.91 Å². The number of rotatable bonds is 9. The summed E-state index contributed by atoms with van der Waals surface area (Å²) in [4.78, 5) is 12.1. The summed E-state index contributed by atoms with van der Waals surface area (Å²) in [7, 11) is 3.18. The van der Waals surface area contributed by atoms with Gasteiger partial charge >= 0.3 is 0 Å². The van der Waals surface area contributed by atoms with Crippen molar-refractivity contribution >= 4 is 5.91 Å². The maximum Gasteiger partial charge on any atom is 0.224 e. The summed E-state index contributed by atoms with van der Waals surface area (Å²) >= 11 is 0. The minimum Gasteiger partial charge on any atom is -0.497 e. The van der Waals surface area contributed by atoms with Gasteiger partial charge in [-0.2, -0.15) is 0 Å². The quantitative estimate of drug-likeness (QED) is 0.697. The number of ether oxygens (including phenoxy) is 3. The number of carbonyl (C=O) groups is 1. The normalized spacial score (nSPS) is 10.5. The fourth-order valence-corrected chi connectivity index (χ4v) is 2.56. The van der Waals surface area contributed by atoms with Gasteiger partial charge in [-0.1, -0.05) is 26.0 Å². The van der Waals surface area contributed by atoms with Gasteiger partial charge < -0.3 is 19.5 Å². The minimum absolute atomic E-state index is 0.0877. The number of amides is 1. The van der Waals surface area contributed by atoms with Gasteiger partial charge in [0.05, 0.1) is 27.2 Å². The Morgan fingerprint density at radius 3 is 2.31 bits per heavy atom. The topological polar surface area (TPSA) is 56.8 Å². The Kier molecular flexibility index (Phi) is 7.33. The molecule has 0 aliphatic rings. The SMILES string of the molecule is COc1ccc(OC)c(CC(=O)NCCOc2ccc(C(C)C)cc2)c1. The van der Waals surface area contributed by atoms with E-state index in [1.807, 2.05) is 18.2 Å². The maximum atomic E-state index is 12.1. The van der Waals surface area contributed by atoms with Crippen LogP contribution in [0.1, 0.15) is 30.9 Å². The van der Waals surface area contributed by atoms with E-state index in [-0.39, 0.29) is 12.3 Å². The van der Waals surface area contributed by atoms with Gasteiger partial charge in [0.15, 0.2) is 0 Å². The van der Waals surface area contributed by atoms with Gasteiger partial charge in [-0.05, 0) is 41.8 Å². The molecule has 26 heavy (non-hydrogen) atoms. The predicted octanol–water partition coefficient (Wildman–Crippen LogP) is 3.56. The van der Waals surface area contributed by atoms with E-state index < -0.39 is 0 Å². The molecule has 0 radical (unpaired) electrons. The summed E-state index contributed by atoms with van der Waals surface area (Å²) in [6.07, 6.45) is 0.226. The van der Waals surface area contributed by atoms with Crippen LogP contribution < -0.4 is 19.5 Å². The Morgan fingerprint density at radius 2 is 1.69 bits per heavy atom. The largest absolute Gasteiger partial charge is 0.497 e. The lowest BCUT2D eigenvalue weighted by Gasteiger charge is -2.12. The Hall–Kier alpha value is -2.69. The Bertz CT molecular complexity index is 710. The first-order valence-corrected chi connectivity index (χ1v) is 8.74. The number of methoxy groups -OCH3 is 2. The van der Waals surface area contributed by atoms with Crippen molar-refractivity contribution in [2.45, 2.75) is 26.2 Å². The van der Waals surface area contributed by atoms with Crippen molar-refractivity contribution in [3.8, 4) is 17.2 Å². The fourth-order valence-electron chi connectivity index (χ4n) is 2.56. The number of hydrogen-bond donors (Lipinski definition) is 1. The third-order valence-electron chi connectivity index (χ3n) is 4.08. The lowest BCUT2D eigenvalue weighted by atomic mass is 10.0. The molecule has 0 bridgehead atoms. The van der Waals surface area contributed by atoms with Crippen LogP contribution in [0.4, 0.5) is 0 Å². The summed E-state index contributed by atoms with van der Waals surface area (Å²) in [6, 6.07) is 13.5. The molecule has 5 nitrogen and oxygen atoms in total. The van der Waals surface area contributed by atoms with Crippen LogP contribution in [0, 0.1) is 0 Å². The predicted molar refractivity (Wildman–Crippen MR) is 102 cm³/mol. The molecule has 0 fully saturated rings. The molecule has 1 amide bonds.